The second-order valence-electron chi connectivity index (χ2n) is 4.64. The Bertz CT molecular complexity index is 344. The maximum absolute atomic E-state index is 4.56. The molecule has 1 N–H and O–H groups in total. The van der Waals surface area contributed by atoms with Crippen molar-refractivity contribution in [1.82, 2.24) is 9.97 Å². The highest BCUT2D eigenvalue weighted by molar-refractivity contribution is 5.44. The van der Waals surface area contributed by atoms with E-state index in [-0.39, 0.29) is 0 Å². The predicted octanol–water partition coefficient (Wildman–Crippen LogP) is 3.23. The van der Waals surface area contributed by atoms with E-state index in [1.165, 1.54) is 25.7 Å². The standard InChI is InChI=1S/C14H26N4/c1-5-7-9-18(10-8-6-2)13-11-12(3)16-14(15-4)17-13/h11H,5-10H2,1-4H3,(H,15,16,17). The van der Waals surface area contributed by atoms with Gasteiger partial charge in [0.1, 0.15) is 5.82 Å². The minimum atomic E-state index is 0.711. The lowest BCUT2D eigenvalue weighted by Crippen LogP contribution is -2.27. The van der Waals surface area contributed by atoms with Crippen LogP contribution in [0.2, 0.25) is 0 Å². The van der Waals surface area contributed by atoms with E-state index in [1.807, 2.05) is 14.0 Å². The van der Waals surface area contributed by atoms with Crippen LogP contribution < -0.4 is 10.2 Å². The summed E-state index contributed by atoms with van der Waals surface area (Å²) in [6.07, 6.45) is 4.85. The Kier molecular flexibility index (Phi) is 6.47. The van der Waals surface area contributed by atoms with Crippen LogP contribution in [0.25, 0.3) is 0 Å². The first-order valence-corrected chi connectivity index (χ1v) is 6.99. The molecule has 1 aromatic rings. The summed E-state index contributed by atoms with van der Waals surface area (Å²) in [4.78, 5) is 11.3. The van der Waals surface area contributed by atoms with E-state index in [2.05, 4.69) is 40.1 Å². The molecule has 0 bridgehead atoms. The molecule has 0 aliphatic rings. The van der Waals surface area contributed by atoms with Crippen LogP contribution in [0.5, 0.6) is 0 Å². The van der Waals surface area contributed by atoms with Crippen molar-refractivity contribution in [3.63, 3.8) is 0 Å². The van der Waals surface area contributed by atoms with E-state index >= 15 is 0 Å². The van der Waals surface area contributed by atoms with Gasteiger partial charge in [0.15, 0.2) is 0 Å². The van der Waals surface area contributed by atoms with Gasteiger partial charge in [-0.3, -0.25) is 0 Å². The van der Waals surface area contributed by atoms with Crippen LogP contribution in [-0.2, 0) is 0 Å². The van der Waals surface area contributed by atoms with Crippen LogP contribution in [0.4, 0.5) is 11.8 Å². The van der Waals surface area contributed by atoms with Crippen LogP contribution in [-0.4, -0.2) is 30.1 Å². The molecular weight excluding hydrogens is 224 g/mol. The van der Waals surface area contributed by atoms with E-state index < -0.39 is 0 Å². The van der Waals surface area contributed by atoms with Gasteiger partial charge in [0.25, 0.3) is 0 Å². The molecule has 0 radical (unpaired) electrons. The van der Waals surface area contributed by atoms with Crippen molar-refractivity contribution in [2.75, 3.05) is 30.4 Å². The SMILES string of the molecule is CCCCN(CCCC)c1cc(C)nc(NC)n1. The number of hydrogen-bond acceptors (Lipinski definition) is 4. The summed E-state index contributed by atoms with van der Waals surface area (Å²) in [5.41, 5.74) is 1.02. The Balaban J connectivity index is 2.84. The zero-order chi connectivity index (χ0) is 13.4. The number of unbranched alkanes of at least 4 members (excludes halogenated alkanes) is 2. The van der Waals surface area contributed by atoms with E-state index in [0.29, 0.717) is 5.95 Å². The molecule has 102 valence electrons. The molecule has 4 nitrogen and oxygen atoms in total. The number of aromatic nitrogens is 2. The summed E-state index contributed by atoms with van der Waals surface area (Å²) in [7, 11) is 1.86. The zero-order valence-electron chi connectivity index (χ0n) is 12.2. The normalized spacial score (nSPS) is 10.4. The fourth-order valence-electron chi connectivity index (χ4n) is 1.86. The highest BCUT2D eigenvalue weighted by Gasteiger charge is 2.09. The first-order chi connectivity index (χ1) is 8.71. The average molecular weight is 250 g/mol. The van der Waals surface area contributed by atoms with Crippen LogP contribution in [0.1, 0.15) is 45.2 Å². The Labute approximate surface area is 111 Å². The third-order valence-corrected chi connectivity index (χ3v) is 2.95. The Morgan fingerprint density at radius 2 is 1.72 bits per heavy atom. The average Bonchev–Trinajstić information content (AvgIpc) is 2.38. The van der Waals surface area contributed by atoms with Gasteiger partial charge in [0.05, 0.1) is 0 Å². The van der Waals surface area contributed by atoms with Gasteiger partial charge < -0.3 is 10.2 Å². The molecule has 18 heavy (non-hydrogen) atoms. The van der Waals surface area contributed by atoms with Gasteiger partial charge in [0, 0.05) is 31.9 Å². The van der Waals surface area contributed by atoms with Crippen molar-refractivity contribution in [2.24, 2.45) is 0 Å². The Morgan fingerprint density at radius 3 is 2.22 bits per heavy atom. The van der Waals surface area contributed by atoms with Gasteiger partial charge in [0.2, 0.25) is 5.95 Å². The second kappa shape index (κ2) is 7.90. The Hall–Kier alpha value is -1.32. The quantitative estimate of drug-likeness (QED) is 0.769. The molecule has 0 aliphatic heterocycles. The molecule has 0 spiro atoms. The molecular formula is C14H26N4. The van der Waals surface area contributed by atoms with Crippen molar-refractivity contribution in [1.29, 1.82) is 0 Å². The fraction of sp³-hybridized carbons (Fsp3) is 0.714. The number of nitrogens with one attached hydrogen (secondary N) is 1. The maximum Gasteiger partial charge on any atom is 0.224 e. The first kappa shape index (κ1) is 14.7. The number of anilines is 2. The summed E-state index contributed by atoms with van der Waals surface area (Å²) >= 11 is 0. The molecule has 0 saturated carbocycles. The number of hydrogen-bond donors (Lipinski definition) is 1. The molecule has 1 aromatic heterocycles. The highest BCUT2D eigenvalue weighted by atomic mass is 15.2. The second-order valence-corrected chi connectivity index (χ2v) is 4.64. The summed E-state index contributed by atoms with van der Waals surface area (Å²) in [5, 5.41) is 3.03. The van der Waals surface area contributed by atoms with Gasteiger partial charge >= 0.3 is 0 Å². The highest BCUT2D eigenvalue weighted by Crippen LogP contribution is 2.16. The van der Waals surface area contributed by atoms with Gasteiger partial charge in [-0.2, -0.15) is 4.98 Å². The number of nitrogens with zero attached hydrogens (tertiary/aromatic N) is 3. The lowest BCUT2D eigenvalue weighted by molar-refractivity contribution is 0.670. The van der Waals surface area contributed by atoms with Crippen molar-refractivity contribution < 1.29 is 0 Å². The Morgan fingerprint density at radius 1 is 1.11 bits per heavy atom. The van der Waals surface area contributed by atoms with Crippen LogP contribution in [0.15, 0.2) is 6.07 Å². The number of rotatable bonds is 8. The van der Waals surface area contributed by atoms with Crippen molar-refractivity contribution in [3.8, 4) is 0 Å². The molecule has 0 aromatic carbocycles. The van der Waals surface area contributed by atoms with E-state index in [4.69, 9.17) is 0 Å². The molecule has 4 heteroatoms. The maximum atomic E-state index is 4.56. The third kappa shape index (κ3) is 4.51. The lowest BCUT2D eigenvalue weighted by atomic mass is 10.2. The predicted molar refractivity (Wildman–Crippen MR) is 78.3 cm³/mol. The van der Waals surface area contributed by atoms with Crippen LogP contribution in [0.3, 0.4) is 0 Å². The minimum absolute atomic E-state index is 0.711. The lowest BCUT2D eigenvalue weighted by Gasteiger charge is -2.24. The molecule has 0 fully saturated rings. The molecule has 1 rings (SSSR count). The van der Waals surface area contributed by atoms with Crippen LogP contribution >= 0.6 is 0 Å². The number of aryl methyl sites for hydroxylation is 1. The summed E-state index contributed by atoms with van der Waals surface area (Å²) < 4.78 is 0. The fourth-order valence-corrected chi connectivity index (χ4v) is 1.86. The van der Waals surface area contributed by atoms with Gasteiger partial charge in [-0.1, -0.05) is 26.7 Å². The summed E-state index contributed by atoms with van der Waals surface area (Å²) in [5.74, 6) is 1.76. The zero-order valence-corrected chi connectivity index (χ0v) is 12.2. The van der Waals surface area contributed by atoms with E-state index in [9.17, 15) is 0 Å². The summed E-state index contributed by atoms with van der Waals surface area (Å²) in [6.45, 7) is 8.63. The third-order valence-electron chi connectivity index (χ3n) is 2.95. The molecule has 0 unspecified atom stereocenters. The molecule has 0 atom stereocenters. The molecule has 0 amide bonds. The van der Waals surface area contributed by atoms with Crippen molar-refractivity contribution >= 4 is 11.8 Å². The van der Waals surface area contributed by atoms with E-state index in [0.717, 1.165) is 24.6 Å². The first-order valence-electron chi connectivity index (χ1n) is 6.99. The van der Waals surface area contributed by atoms with E-state index in [1.54, 1.807) is 0 Å². The van der Waals surface area contributed by atoms with Crippen molar-refractivity contribution in [2.45, 2.75) is 46.5 Å². The monoisotopic (exact) mass is 250 g/mol. The smallest absolute Gasteiger partial charge is 0.224 e. The topological polar surface area (TPSA) is 41.1 Å². The van der Waals surface area contributed by atoms with Gasteiger partial charge in [-0.15, -0.1) is 0 Å². The molecule has 1 heterocycles. The molecule has 0 saturated heterocycles. The van der Waals surface area contributed by atoms with Gasteiger partial charge in [-0.25, -0.2) is 4.98 Å². The largest absolute Gasteiger partial charge is 0.357 e. The van der Waals surface area contributed by atoms with Crippen molar-refractivity contribution in [3.05, 3.63) is 11.8 Å². The van der Waals surface area contributed by atoms with Gasteiger partial charge in [-0.05, 0) is 19.8 Å². The molecule has 0 aliphatic carbocycles. The van der Waals surface area contributed by atoms with Crippen LogP contribution in [0, 0.1) is 6.92 Å². The minimum Gasteiger partial charge on any atom is -0.357 e. The summed E-state index contributed by atoms with van der Waals surface area (Å²) in [6, 6.07) is 2.08.